The molecule has 3 aromatic rings. The van der Waals surface area contributed by atoms with Crippen molar-refractivity contribution in [3.05, 3.63) is 76.5 Å². The number of nitrogens with zero attached hydrogens (tertiary/aromatic N) is 2. The second-order valence-corrected chi connectivity index (χ2v) is 5.00. The summed E-state index contributed by atoms with van der Waals surface area (Å²) in [5, 5.41) is 0. The molecular formula is C17H13FN2O4. The van der Waals surface area contributed by atoms with Crippen molar-refractivity contribution in [2.45, 2.75) is 6.54 Å². The Hall–Kier alpha value is -3.22. The van der Waals surface area contributed by atoms with Crippen molar-refractivity contribution in [1.29, 1.82) is 0 Å². The van der Waals surface area contributed by atoms with E-state index in [4.69, 9.17) is 4.42 Å². The Morgan fingerprint density at radius 2 is 2.00 bits per heavy atom. The van der Waals surface area contributed by atoms with Gasteiger partial charge in [-0.1, -0.05) is 0 Å². The Kier molecular flexibility index (Phi) is 4.24. The summed E-state index contributed by atoms with van der Waals surface area (Å²) in [5.41, 5.74) is 0.804. The van der Waals surface area contributed by atoms with Gasteiger partial charge in [-0.05, 0) is 36.4 Å². The van der Waals surface area contributed by atoms with Crippen LogP contribution >= 0.6 is 0 Å². The summed E-state index contributed by atoms with van der Waals surface area (Å²) in [6.07, 6.45) is 1.38. The van der Waals surface area contributed by atoms with Gasteiger partial charge < -0.3 is 9.15 Å². The molecule has 0 unspecified atom stereocenters. The lowest BCUT2D eigenvalue weighted by Gasteiger charge is -2.05. The van der Waals surface area contributed by atoms with Crippen molar-refractivity contribution in [1.82, 2.24) is 9.55 Å². The molecule has 6 nitrogen and oxygen atoms in total. The maximum Gasteiger partial charge on any atom is 0.373 e. The highest BCUT2D eigenvalue weighted by molar-refractivity contribution is 5.86. The maximum atomic E-state index is 12.9. The summed E-state index contributed by atoms with van der Waals surface area (Å²) >= 11 is 0. The van der Waals surface area contributed by atoms with E-state index in [1.54, 1.807) is 18.2 Å². The standard InChI is InChI=1S/C17H13FN2O4/c1-23-17(22)15-7-6-13(24-15)9-20-10-19-14(8-16(20)21)11-2-4-12(18)5-3-11/h2-8,10H,9H2,1H3. The van der Waals surface area contributed by atoms with Crippen LogP contribution in [0.25, 0.3) is 11.3 Å². The number of methoxy groups -OCH3 is 1. The number of aromatic nitrogens is 2. The summed E-state index contributed by atoms with van der Waals surface area (Å²) < 4.78 is 24.2. The zero-order chi connectivity index (χ0) is 17.1. The lowest BCUT2D eigenvalue weighted by Crippen LogP contribution is -2.20. The third-order valence-corrected chi connectivity index (χ3v) is 3.39. The van der Waals surface area contributed by atoms with Gasteiger partial charge in [-0.25, -0.2) is 14.2 Å². The lowest BCUT2D eigenvalue weighted by atomic mass is 10.1. The SMILES string of the molecule is COC(=O)c1ccc(Cn2cnc(-c3ccc(F)cc3)cc2=O)o1. The van der Waals surface area contributed by atoms with Gasteiger partial charge in [0, 0.05) is 11.6 Å². The first kappa shape index (κ1) is 15.7. The quantitative estimate of drug-likeness (QED) is 0.688. The first-order valence-corrected chi connectivity index (χ1v) is 7.06. The smallest absolute Gasteiger partial charge is 0.373 e. The molecule has 0 spiro atoms. The van der Waals surface area contributed by atoms with E-state index in [-0.39, 0.29) is 23.7 Å². The number of rotatable bonds is 4. The van der Waals surface area contributed by atoms with Crippen LogP contribution in [0.4, 0.5) is 4.39 Å². The van der Waals surface area contributed by atoms with Crippen molar-refractivity contribution in [3.8, 4) is 11.3 Å². The van der Waals surface area contributed by atoms with Gasteiger partial charge >= 0.3 is 5.97 Å². The second-order valence-electron chi connectivity index (χ2n) is 5.00. The first-order chi connectivity index (χ1) is 11.6. The minimum Gasteiger partial charge on any atom is -0.463 e. The number of furan rings is 1. The molecule has 0 aliphatic rings. The number of carbonyl (C=O) groups is 1. The summed E-state index contributed by atoms with van der Waals surface area (Å²) in [5.74, 6) is -0.449. The Bertz CT molecular complexity index is 928. The van der Waals surface area contributed by atoms with Crippen LogP contribution in [-0.4, -0.2) is 22.6 Å². The molecule has 24 heavy (non-hydrogen) atoms. The molecule has 0 N–H and O–H groups in total. The number of carbonyl (C=O) groups excluding carboxylic acids is 1. The molecular weight excluding hydrogens is 315 g/mol. The topological polar surface area (TPSA) is 74.3 Å². The molecule has 1 aromatic carbocycles. The van der Waals surface area contributed by atoms with Gasteiger partial charge in [-0.3, -0.25) is 9.36 Å². The van der Waals surface area contributed by atoms with Crippen LogP contribution in [0.1, 0.15) is 16.3 Å². The summed E-state index contributed by atoms with van der Waals surface area (Å²) in [4.78, 5) is 27.7. The molecule has 7 heteroatoms. The molecule has 0 aliphatic carbocycles. The lowest BCUT2D eigenvalue weighted by molar-refractivity contribution is 0.0563. The predicted molar refractivity (Wildman–Crippen MR) is 83.0 cm³/mol. The molecule has 0 amide bonds. The van der Waals surface area contributed by atoms with Crippen LogP contribution in [0.5, 0.6) is 0 Å². The zero-order valence-corrected chi connectivity index (χ0v) is 12.7. The van der Waals surface area contributed by atoms with Crippen LogP contribution in [0.15, 0.2) is 58.0 Å². The van der Waals surface area contributed by atoms with Crippen molar-refractivity contribution in [2.75, 3.05) is 7.11 Å². The number of hydrogen-bond acceptors (Lipinski definition) is 5. The summed E-state index contributed by atoms with van der Waals surface area (Å²) in [6, 6.07) is 10.1. The van der Waals surface area contributed by atoms with Gasteiger partial charge in [-0.15, -0.1) is 0 Å². The van der Waals surface area contributed by atoms with E-state index in [9.17, 15) is 14.0 Å². The van der Waals surface area contributed by atoms with Crippen molar-refractivity contribution < 1.29 is 18.3 Å². The third-order valence-electron chi connectivity index (χ3n) is 3.39. The largest absolute Gasteiger partial charge is 0.463 e. The Morgan fingerprint density at radius 3 is 2.67 bits per heavy atom. The number of benzene rings is 1. The van der Waals surface area contributed by atoms with Crippen LogP contribution in [-0.2, 0) is 11.3 Å². The van der Waals surface area contributed by atoms with Crippen molar-refractivity contribution in [3.63, 3.8) is 0 Å². The number of ether oxygens (including phenoxy) is 1. The molecule has 0 radical (unpaired) electrons. The van der Waals surface area contributed by atoms with Gasteiger partial charge in [0.25, 0.3) is 5.56 Å². The van der Waals surface area contributed by atoms with Crippen LogP contribution in [0.2, 0.25) is 0 Å². The van der Waals surface area contributed by atoms with Crippen molar-refractivity contribution >= 4 is 5.97 Å². The van der Waals surface area contributed by atoms with E-state index < -0.39 is 5.97 Å². The second kappa shape index (κ2) is 6.49. The molecule has 3 rings (SSSR count). The van der Waals surface area contributed by atoms with E-state index in [1.165, 1.54) is 42.3 Å². The van der Waals surface area contributed by atoms with Gasteiger partial charge in [0.1, 0.15) is 11.6 Å². The van der Waals surface area contributed by atoms with Crippen LogP contribution in [0, 0.1) is 5.82 Å². The highest BCUT2D eigenvalue weighted by Crippen LogP contribution is 2.15. The van der Waals surface area contributed by atoms with E-state index in [2.05, 4.69) is 9.72 Å². The minimum absolute atomic E-state index is 0.0661. The molecule has 2 aromatic heterocycles. The van der Waals surface area contributed by atoms with Crippen LogP contribution in [0.3, 0.4) is 0 Å². The molecule has 0 atom stereocenters. The molecule has 0 saturated carbocycles. The molecule has 2 heterocycles. The normalized spacial score (nSPS) is 10.6. The summed E-state index contributed by atoms with van der Waals surface area (Å²) in [6.45, 7) is 0.131. The van der Waals surface area contributed by atoms with Gasteiger partial charge in [0.05, 0.1) is 25.7 Å². The van der Waals surface area contributed by atoms with Crippen LogP contribution < -0.4 is 5.56 Å². The fourth-order valence-electron chi connectivity index (χ4n) is 2.16. The molecule has 0 fully saturated rings. The summed E-state index contributed by atoms with van der Waals surface area (Å²) in [7, 11) is 1.26. The molecule has 0 bridgehead atoms. The van der Waals surface area contributed by atoms with Crippen molar-refractivity contribution in [2.24, 2.45) is 0 Å². The molecule has 122 valence electrons. The Balaban J connectivity index is 1.82. The number of hydrogen-bond donors (Lipinski definition) is 0. The maximum absolute atomic E-state index is 12.9. The third kappa shape index (κ3) is 3.24. The fourth-order valence-corrected chi connectivity index (χ4v) is 2.16. The van der Waals surface area contributed by atoms with E-state index in [0.717, 1.165) is 0 Å². The Labute approximate surface area is 136 Å². The first-order valence-electron chi connectivity index (χ1n) is 7.06. The zero-order valence-electron chi connectivity index (χ0n) is 12.7. The van der Waals surface area contributed by atoms with E-state index >= 15 is 0 Å². The fraction of sp³-hybridized carbons (Fsp3) is 0.118. The highest BCUT2D eigenvalue weighted by Gasteiger charge is 2.12. The van der Waals surface area contributed by atoms with E-state index in [0.29, 0.717) is 17.0 Å². The van der Waals surface area contributed by atoms with Gasteiger partial charge in [0.15, 0.2) is 0 Å². The minimum atomic E-state index is -0.585. The molecule has 0 aliphatic heterocycles. The number of esters is 1. The van der Waals surface area contributed by atoms with Gasteiger partial charge in [0.2, 0.25) is 5.76 Å². The average Bonchev–Trinajstić information content (AvgIpc) is 3.05. The number of halogens is 1. The monoisotopic (exact) mass is 328 g/mol. The average molecular weight is 328 g/mol. The van der Waals surface area contributed by atoms with Gasteiger partial charge in [-0.2, -0.15) is 0 Å². The van der Waals surface area contributed by atoms with E-state index in [1.807, 2.05) is 0 Å². The molecule has 0 saturated heterocycles. The Morgan fingerprint density at radius 1 is 1.25 bits per heavy atom. The predicted octanol–water partition coefficient (Wildman–Crippen LogP) is 2.48. The highest BCUT2D eigenvalue weighted by atomic mass is 19.1.